The number of benzene rings is 2. The number of hydrogen-bond donors (Lipinski definition) is 2. The van der Waals surface area contributed by atoms with E-state index in [-0.39, 0.29) is 12.3 Å². The van der Waals surface area contributed by atoms with Crippen LogP contribution in [0.2, 0.25) is 5.02 Å². The maximum atomic E-state index is 12.2. The largest absolute Gasteiger partial charge is 0.493 e. The molecule has 1 aliphatic rings. The van der Waals surface area contributed by atoms with Crippen LogP contribution < -0.4 is 0 Å². The average Bonchev–Trinajstić information content (AvgIpc) is 3.53. The fourth-order valence-corrected chi connectivity index (χ4v) is 7.48. The highest BCUT2D eigenvalue weighted by Gasteiger charge is 2.27. The van der Waals surface area contributed by atoms with Crippen molar-refractivity contribution in [2.45, 2.75) is 52.1 Å². The van der Waals surface area contributed by atoms with Gasteiger partial charge in [-0.3, -0.25) is 9.69 Å². The zero-order chi connectivity index (χ0) is 28.8. The molecular weight excluding hydrogens is 558 g/mol. The smallest absolute Gasteiger partial charge is 0.304 e. The molecule has 6 rings (SSSR count). The maximum Gasteiger partial charge on any atom is 0.304 e. The SMILES string of the molecule is CC[C@H]1Cc2ccc(O)nc2CN(Cc2cc(C(CC(=O)O)c3cc(Cl)c4c(nnn4C)c3C)cc3ccsc23)C1. The zero-order valence-corrected chi connectivity index (χ0v) is 24.8. The molecule has 41 heavy (non-hydrogen) atoms. The number of aromatic nitrogens is 4. The van der Waals surface area contributed by atoms with Gasteiger partial charge in [0.2, 0.25) is 5.88 Å². The fraction of sp³-hybridized carbons (Fsp3) is 0.355. The van der Waals surface area contributed by atoms with Crippen LogP contribution in [0.5, 0.6) is 5.88 Å². The summed E-state index contributed by atoms with van der Waals surface area (Å²) in [6, 6.07) is 11.9. The number of carboxylic acid groups (broad SMARTS) is 1. The number of aryl methyl sites for hydroxylation is 2. The number of fused-ring (bicyclic) bond motifs is 3. The van der Waals surface area contributed by atoms with Gasteiger partial charge in [-0.15, -0.1) is 16.4 Å². The van der Waals surface area contributed by atoms with Crippen LogP contribution in [0.25, 0.3) is 21.1 Å². The number of aromatic hydroxyl groups is 1. The van der Waals surface area contributed by atoms with E-state index in [0.717, 1.165) is 58.2 Å². The van der Waals surface area contributed by atoms with Gasteiger partial charge in [0.05, 0.1) is 17.1 Å². The Morgan fingerprint density at radius 3 is 2.85 bits per heavy atom. The zero-order valence-electron chi connectivity index (χ0n) is 23.3. The van der Waals surface area contributed by atoms with Gasteiger partial charge in [0, 0.05) is 43.4 Å². The van der Waals surface area contributed by atoms with Gasteiger partial charge in [-0.25, -0.2) is 9.67 Å². The number of pyridine rings is 1. The van der Waals surface area contributed by atoms with E-state index in [1.54, 1.807) is 29.1 Å². The summed E-state index contributed by atoms with van der Waals surface area (Å²) in [6.07, 6.45) is 1.92. The Labute approximate surface area is 247 Å². The van der Waals surface area contributed by atoms with Gasteiger partial charge in [-0.05, 0) is 76.0 Å². The summed E-state index contributed by atoms with van der Waals surface area (Å²) in [6.45, 7) is 6.44. The molecule has 0 fully saturated rings. The van der Waals surface area contributed by atoms with Crippen molar-refractivity contribution in [2.24, 2.45) is 13.0 Å². The molecule has 8 nitrogen and oxygen atoms in total. The molecule has 4 heterocycles. The van der Waals surface area contributed by atoms with Crippen LogP contribution >= 0.6 is 22.9 Å². The third-order valence-electron chi connectivity index (χ3n) is 8.35. The summed E-state index contributed by atoms with van der Waals surface area (Å²) in [7, 11) is 1.80. The first-order valence-corrected chi connectivity index (χ1v) is 15.1. The predicted octanol–water partition coefficient (Wildman–Crippen LogP) is 6.44. The summed E-state index contributed by atoms with van der Waals surface area (Å²) < 4.78 is 2.84. The van der Waals surface area contributed by atoms with Crippen LogP contribution in [-0.2, 0) is 31.4 Å². The van der Waals surface area contributed by atoms with Crippen molar-refractivity contribution in [3.63, 3.8) is 0 Å². The second kappa shape index (κ2) is 11.0. The minimum Gasteiger partial charge on any atom is -0.493 e. The Balaban J connectivity index is 1.44. The Kier molecular flexibility index (Phi) is 7.44. The van der Waals surface area contributed by atoms with Gasteiger partial charge in [-0.1, -0.05) is 42.3 Å². The van der Waals surface area contributed by atoms with Crippen LogP contribution in [-0.4, -0.2) is 47.6 Å². The lowest BCUT2D eigenvalue weighted by atomic mass is 9.84. The molecule has 10 heteroatoms. The lowest BCUT2D eigenvalue weighted by molar-refractivity contribution is -0.137. The predicted molar refractivity (Wildman–Crippen MR) is 162 cm³/mol. The topological polar surface area (TPSA) is 104 Å². The first-order chi connectivity index (χ1) is 19.7. The van der Waals surface area contributed by atoms with E-state index < -0.39 is 11.9 Å². The van der Waals surface area contributed by atoms with Crippen molar-refractivity contribution in [3.8, 4) is 5.88 Å². The van der Waals surface area contributed by atoms with Gasteiger partial charge in [0.1, 0.15) is 11.0 Å². The third kappa shape index (κ3) is 5.29. The summed E-state index contributed by atoms with van der Waals surface area (Å²) in [4.78, 5) is 19.1. The van der Waals surface area contributed by atoms with E-state index in [1.807, 2.05) is 19.1 Å². The Morgan fingerprint density at radius 2 is 2.07 bits per heavy atom. The van der Waals surface area contributed by atoms with Gasteiger partial charge < -0.3 is 10.2 Å². The molecule has 2 atom stereocenters. The highest BCUT2D eigenvalue weighted by Crippen LogP contribution is 2.39. The minimum atomic E-state index is -0.877. The Bertz CT molecular complexity index is 1780. The Hall–Kier alpha value is -3.53. The van der Waals surface area contributed by atoms with Crippen LogP contribution in [0.3, 0.4) is 0 Å². The molecule has 1 aliphatic heterocycles. The Morgan fingerprint density at radius 1 is 1.24 bits per heavy atom. The van der Waals surface area contributed by atoms with Gasteiger partial charge in [-0.2, -0.15) is 0 Å². The summed E-state index contributed by atoms with van der Waals surface area (Å²) in [5, 5.41) is 32.2. The van der Waals surface area contributed by atoms with Crippen molar-refractivity contribution in [2.75, 3.05) is 6.54 Å². The first-order valence-electron chi connectivity index (χ1n) is 13.8. The number of halogens is 1. The van der Waals surface area contributed by atoms with Gasteiger partial charge in [0.15, 0.2) is 0 Å². The number of carboxylic acids is 1. The summed E-state index contributed by atoms with van der Waals surface area (Å²) in [5.41, 5.74) is 7.37. The monoisotopic (exact) mass is 589 g/mol. The molecule has 1 unspecified atom stereocenters. The average molecular weight is 590 g/mol. The van der Waals surface area contributed by atoms with E-state index in [9.17, 15) is 15.0 Å². The molecule has 2 aromatic carbocycles. The quantitative estimate of drug-likeness (QED) is 0.225. The standard InChI is InChI=1S/C31H32ClN5O3S/c1-4-18-9-19-5-6-27(38)33-26(19)16-37(14-18)15-22-11-21(10-20-7-8-41-31(20)22)24(13-28(39)40)23-12-25(32)30-29(17(23)2)34-35-36(30)3/h5-8,10-12,18,24H,4,9,13-16H2,1-3H3,(H,33,38)(H,39,40)/t18-,24?/m0/s1. The van der Waals surface area contributed by atoms with E-state index in [1.165, 1.54) is 10.3 Å². The van der Waals surface area contributed by atoms with Crippen molar-refractivity contribution >= 4 is 50.0 Å². The fourth-order valence-electron chi connectivity index (χ4n) is 6.26. The van der Waals surface area contributed by atoms with Crippen LogP contribution in [0, 0.1) is 12.8 Å². The number of nitrogens with zero attached hydrogens (tertiary/aromatic N) is 5. The number of aliphatic carboxylic acids is 1. The number of rotatable bonds is 7. The molecule has 0 spiro atoms. The molecule has 2 N–H and O–H groups in total. The second-order valence-electron chi connectivity index (χ2n) is 11.1. The summed E-state index contributed by atoms with van der Waals surface area (Å²) >= 11 is 8.41. The first kappa shape index (κ1) is 27.6. The van der Waals surface area contributed by atoms with Crippen molar-refractivity contribution in [3.05, 3.63) is 80.3 Å². The van der Waals surface area contributed by atoms with Crippen LogP contribution in [0.1, 0.15) is 59.2 Å². The minimum absolute atomic E-state index is 0.0481. The molecule has 212 valence electrons. The number of thiophene rings is 1. The molecular formula is C31H32ClN5O3S. The number of hydrogen-bond acceptors (Lipinski definition) is 7. The second-order valence-corrected chi connectivity index (χ2v) is 12.4. The molecule has 0 aliphatic carbocycles. The third-order valence-corrected chi connectivity index (χ3v) is 9.65. The van der Waals surface area contributed by atoms with E-state index >= 15 is 0 Å². The summed E-state index contributed by atoms with van der Waals surface area (Å²) in [5.74, 6) is -0.761. The van der Waals surface area contributed by atoms with Crippen molar-refractivity contribution < 1.29 is 15.0 Å². The van der Waals surface area contributed by atoms with Crippen LogP contribution in [0.15, 0.2) is 41.8 Å². The molecule has 0 bridgehead atoms. The highest BCUT2D eigenvalue weighted by atomic mass is 35.5. The van der Waals surface area contributed by atoms with E-state index in [4.69, 9.17) is 11.6 Å². The lowest BCUT2D eigenvalue weighted by Gasteiger charge is -2.25. The molecule has 5 aromatic rings. The van der Waals surface area contributed by atoms with Crippen molar-refractivity contribution in [1.29, 1.82) is 0 Å². The van der Waals surface area contributed by atoms with E-state index in [0.29, 0.717) is 29.5 Å². The lowest BCUT2D eigenvalue weighted by Crippen LogP contribution is -2.27. The number of carbonyl (C=O) groups is 1. The molecule has 0 amide bonds. The van der Waals surface area contributed by atoms with E-state index in [2.05, 4.69) is 50.7 Å². The van der Waals surface area contributed by atoms with Gasteiger partial charge >= 0.3 is 5.97 Å². The molecule has 3 aromatic heterocycles. The molecule has 0 saturated heterocycles. The molecule has 0 radical (unpaired) electrons. The van der Waals surface area contributed by atoms with Crippen molar-refractivity contribution in [1.82, 2.24) is 24.9 Å². The van der Waals surface area contributed by atoms with Gasteiger partial charge in [0.25, 0.3) is 0 Å². The van der Waals surface area contributed by atoms with Crippen LogP contribution in [0.4, 0.5) is 0 Å². The molecule has 0 saturated carbocycles. The maximum absolute atomic E-state index is 12.2. The normalized spacial score (nSPS) is 16.6. The highest BCUT2D eigenvalue weighted by molar-refractivity contribution is 7.17.